The van der Waals surface area contributed by atoms with E-state index in [9.17, 15) is 18.0 Å². The summed E-state index contributed by atoms with van der Waals surface area (Å²) in [6.45, 7) is 1.79. The van der Waals surface area contributed by atoms with Gasteiger partial charge in [0.15, 0.2) is 0 Å². The quantitative estimate of drug-likeness (QED) is 0.825. The molecule has 0 unspecified atom stereocenters. The fourth-order valence-corrected chi connectivity index (χ4v) is 2.48. The Morgan fingerprint density at radius 3 is 2.70 bits per heavy atom. The smallest absolute Gasteiger partial charge is 0.383 e. The summed E-state index contributed by atoms with van der Waals surface area (Å²) in [6, 6.07) is 0. The molecule has 1 aliphatic heterocycles. The third-order valence-electron chi connectivity index (χ3n) is 2.82. The van der Waals surface area contributed by atoms with E-state index < -0.39 is 12.0 Å². The van der Waals surface area contributed by atoms with Crippen molar-refractivity contribution in [3.8, 4) is 0 Å². The molecule has 1 aliphatic rings. The molecule has 0 N–H and O–H groups in total. The Bertz CT molecular complexity index is 479. The number of ether oxygens (including phenoxy) is 1. The minimum Gasteiger partial charge on any atom is -0.383 e. The Kier molecular flexibility index (Phi) is 4.43. The zero-order chi connectivity index (χ0) is 14.8. The maximum Gasteiger partial charge on any atom is 0.452 e. The van der Waals surface area contributed by atoms with Crippen LogP contribution >= 0.6 is 11.5 Å². The van der Waals surface area contributed by atoms with Crippen LogP contribution in [0, 0.1) is 0 Å². The van der Waals surface area contributed by atoms with E-state index >= 15 is 0 Å². The normalized spacial score (nSPS) is 16.9. The van der Waals surface area contributed by atoms with Crippen LogP contribution in [0.5, 0.6) is 0 Å². The summed E-state index contributed by atoms with van der Waals surface area (Å²) in [5.41, 5.74) is 0. The largest absolute Gasteiger partial charge is 0.452 e. The number of hydrogen-bond acceptors (Lipinski definition) is 6. The van der Waals surface area contributed by atoms with Gasteiger partial charge in [0.2, 0.25) is 16.9 Å². The molecule has 0 aliphatic carbocycles. The van der Waals surface area contributed by atoms with Crippen LogP contribution in [0.4, 0.5) is 18.3 Å². The van der Waals surface area contributed by atoms with Gasteiger partial charge in [0.25, 0.3) is 0 Å². The molecule has 1 aromatic rings. The van der Waals surface area contributed by atoms with Crippen LogP contribution in [0.1, 0.15) is 5.82 Å². The monoisotopic (exact) mass is 310 g/mol. The van der Waals surface area contributed by atoms with Gasteiger partial charge in [0, 0.05) is 38.3 Å². The van der Waals surface area contributed by atoms with E-state index in [0.29, 0.717) is 37.8 Å². The second-order valence-electron chi connectivity index (χ2n) is 4.19. The average Bonchev–Trinajstić information content (AvgIpc) is 2.86. The Balaban J connectivity index is 1.99. The zero-order valence-corrected chi connectivity index (χ0v) is 11.5. The minimum absolute atomic E-state index is 0.0101. The van der Waals surface area contributed by atoms with Crippen molar-refractivity contribution < 1.29 is 22.7 Å². The number of rotatable bonds is 4. The maximum absolute atomic E-state index is 12.4. The van der Waals surface area contributed by atoms with Gasteiger partial charge in [-0.25, -0.2) is 0 Å². The molecule has 0 atom stereocenters. The minimum atomic E-state index is -4.56. The van der Waals surface area contributed by atoms with Crippen LogP contribution in [-0.2, 0) is 15.7 Å². The zero-order valence-electron chi connectivity index (χ0n) is 10.7. The van der Waals surface area contributed by atoms with Crippen LogP contribution in [0.25, 0.3) is 0 Å². The van der Waals surface area contributed by atoms with Crippen molar-refractivity contribution in [3.05, 3.63) is 5.82 Å². The van der Waals surface area contributed by atoms with E-state index in [1.807, 2.05) is 0 Å². The predicted molar refractivity (Wildman–Crippen MR) is 65.6 cm³/mol. The number of amides is 1. The molecule has 0 spiro atoms. The van der Waals surface area contributed by atoms with Crippen molar-refractivity contribution in [2.75, 3.05) is 44.8 Å². The highest BCUT2D eigenvalue weighted by atomic mass is 32.1. The van der Waals surface area contributed by atoms with Crippen molar-refractivity contribution in [1.82, 2.24) is 14.3 Å². The molecular formula is C10H13F3N4O2S. The molecular weight excluding hydrogens is 297 g/mol. The third kappa shape index (κ3) is 3.37. The van der Waals surface area contributed by atoms with Crippen LogP contribution in [0.2, 0.25) is 0 Å². The van der Waals surface area contributed by atoms with E-state index in [0.717, 1.165) is 0 Å². The Labute approximate surface area is 117 Å². The first-order valence-electron chi connectivity index (χ1n) is 5.84. The first kappa shape index (κ1) is 15.0. The lowest BCUT2D eigenvalue weighted by Crippen LogP contribution is -2.51. The molecule has 1 aromatic heterocycles. The molecule has 0 saturated carbocycles. The van der Waals surface area contributed by atoms with Gasteiger partial charge in [-0.15, -0.1) is 0 Å². The van der Waals surface area contributed by atoms with Gasteiger partial charge < -0.3 is 14.5 Å². The number of halogens is 3. The maximum atomic E-state index is 12.4. The molecule has 0 bridgehead atoms. The Morgan fingerprint density at radius 2 is 2.15 bits per heavy atom. The number of alkyl halides is 3. The van der Waals surface area contributed by atoms with Crippen molar-refractivity contribution >= 4 is 22.6 Å². The second-order valence-corrected chi connectivity index (χ2v) is 4.92. The predicted octanol–water partition coefficient (Wildman–Crippen LogP) is 0.852. The standard InChI is InChI=1S/C10H13F3N4O2S/c1-19-5-4-16-2-3-17(6-7(16)18)9-14-8(15-20-9)10(11,12)13/h2-6H2,1H3. The Morgan fingerprint density at radius 1 is 1.40 bits per heavy atom. The van der Waals surface area contributed by atoms with Crippen molar-refractivity contribution in [2.45, 2.75) is 6.18 Å². The molecule has 1 fully saturated rings. The van der Waals surface area contributed by atoms with Crippen molar-refractivity contribution in [3.63, 3.8) is 0 Å². The molecule has 112 valence electrons. The van der Waals surface area contributed by atoms with E-state index in [1.54, 1.807) is 12.0 Å². The number of piperazine rings is 1. The first-order valence-corrected chi connectivity index (χ1v) is 6.61. The van der Waals surface area contributed by atoms with Gasteiger partial charge >= 0.3 is 6.18 Å². The fourth-order valence-electron chi connectivity index (χ4n) is 1.77. The SMILES string of the molecule is COCCN1CCN(c2nc(C(F)(F)F)ns2)CC1=O. The van der Waals surface area contributed by atoms with Crippen LogP contribution < -0.4 is 4.90 Å². The lowest BCUT2D eigenvalue weighted by atomic mass is 10.3. The molecule has 1 amide bonds. The highest BCUT2D eigenvalue weighted by molar-refractivity contribution is 7.09. The van der Waals surface area contributed by atoms with Gasteiger partial charge in [-0.2, -0.15) is 22.5 Å². The van der Waals surface area contributed by atoms with Crippen LogP contribution in [0.15, 0.2) is 0 Å². The number of methoxy groups -OCH3 is 1. The average molecular weight is 310 g/mol. The fraction of sp³-hybridized carbons (Fsp3) is 0.700. The van der Waals surface area contributed by atoms with E-state index in [1.165, 1.54) is 4.90 Å². The van der Waals surface area contributed by atoms with Gasteiger partial charge in [-0.1, -0.05) is 0 Å². The Hall–Kier alpha value is -1.42. The summed E-state index contributed by atoms with van der Waals surface area (Å²) in [6.07, 6.45) is -4.56. The van der Waals surface area contributed by atoms with Crippen molar-refractivity contribution in [1.29, 1.82) is 0 Å². The van der Waals surface area contributed by atoms with Gasteiger partial charge in [-0.3, -0.25) is 4.79 Å². The van der Waals surface area contributed by atoms with Crippen LogP contribution in [0.3, 0.4) is 0 Å². The molecule has 0 radical (unpaired) electrons. The molecule has 1 saturated heterocycles. The summed E-state index contributed by atoms with van der Waals surface area (Å²) in [5.74, 6) is -1.32. The van der Waals surface area contributed by atoms with Gasteiger partial charge in [0.1, 0.15) is 0 Å². The summed E-state index contributed by atoms with van der Waals surface area (Å²) >= 11 is 0.653. The van der Waals surface area contributed by atoms with Gasteiger partial charge in [-0.05, 0) is 0 Å². The first-order chi connectivity index (χ1) is 9.41. The number of carbonyl (C=O) groups is 1. The summed E-state index contributed by atoms with van der Waals surface area (Å²) in [4.78, 5) is 18.4. The number of anilines is 1. The highest BCUT2D eigenvalue weighted by Gasteiger charge is 2.37. The molecule has 20 heavy (non-hydrogen) atoms. The summed E-state index contributed by atoms with van der Waals surface area (Å²) < 4.78 is 45.4. The van der Waals surface area contributed by atoms with Crippen molar-refractivity contribution in [2.24, 2.45) is 0 Å². The number of hydrogen-bond donors (Lipinski definition) is 0. The molecule has 10 heteroatoms. The second kappa shape index (κ2) is 5.92. The van der Waals surface area contributed by atoms with E-state index in [-0.39, 0.29) is 17.6 Å². The summed E-state index contributed by atoms with van der Waals surface area (Å²) in [5, 5.41) is 0.122. The van der Waals surface area contributed by atoms with E-state index in [4.69, 9.17) is 4.74 Å². The molecule has 2 rings (SSSR count). The third-order valence-corrected chi connectivity index (χ3v) is 3.60. The molecule has 2 heterocycles. The van der Waals surface area contributed by atoms with E-state index in [2.05, 4.69) is 9.36 Å². The molecule has 6 nitrogen and oxygen atoms in total. The lowest BCUT2D eigenvalue weighted by Gasteiger charge is -2.33. The van der Waals surface area contributed by atoms with Gasteiger partial charge in [0.05, 0.1) is 13.2 Å². The summed E-state index contributed by atoms with van der Waals surface area (Å²) in [7, 11) is 1.54. The lowest BCUT2D eigenvalue weighted by molar-refractivity contribution is -0.144. The number of nitrogens with zero attached hydrogens (tertiary/aromatic N) is 4. The van der Waals surface area contributed by atoms with Crippen LogP contribution in [-0.4, -0.2) is 60.1 Å². The highest BCUT2D eigenvalue weighted by Crippen LogP contribution is 2.30. The topological polar surface area (TPSA) is 58.6 Å². The number of carbonyl (C=O) groups excluding carboxylic acids is 1. The molecule has 0 aromatic carbocycles. The number of aromatic nitrogens is 2.